The number of fused-ring (bicyclic) bond motifs is 1. The summed E-state index contributed by atoms with van der Waals surface area (Å²) in [5, 5.41) is -0.0882. The first-order valence-corrected chi connectivity index (χ1v) is 8.85. The highest BCUT2D eigenvalue weighted by atomic mass is 32.2. The maximum absolute atomic E-state index is 12.7. The molecule has 8 heteroatoms. The van der Waals surface area contributed by atoms with Crippen molar-refractivity contribution in [3.8, 4) is 11.5 Å². The van der Waals surface area contributed by atoms with Crippen molar-refractivity contribution in [2.45, 2.75) is 17.8 Å². The van der Waals surface area contributed by atoms with Gasteiger partial charge in [-0.2, -0.15) is 0 Å². The third kappa shape index (κ3) is 2.92. The number of methoxy groups -OCH3 is 2. The summed E-state index contributed by atoms with van der Waals surface area (Å²) in [5.41, 5.74) is 2.29. The molecule has 0 aliphatic rings. The van der Waals surface area contributed by atoms with Crippen LogP contribution in [0, 0.1) is 6.92 Å². The summed E-state index contributed by atoms with van der Waals surface area (Å²) in [5.74, 6) is 0.959. The summed E-state index contributed by atoms with van der Waals surface area (Å²) < 4.78 is 35.7. The Morgan fingerprint density at radius 2 is 1.96 bits per heavy atom. The first-order chi connectivity index (χ1) is 11.4. The zero-order valence-corrected chi connectivity index (χ0v) is 14.3. The van der Waals surface area contributed by atoms with E-state index in [0.717, 1.165) is 0 Å². The molecule has 1 aromatic carbocycles. The second-order valence-electron chi connectivity index (χ2n) is 5.27. The molecule has 0 amide bonds. The normalized spacial score (nSPS) is 11.6. The number of benzene rings is 1. The summed E-state index contributed by atoms with van der Waals surface area (Å²) in [6, 6.07) is 6.85. The Labute approximate surface area is 139 Å². The van der Waals surface area contributed by atoms with Crippen LogP contribution in [0.15, 0.2) is 35.6 Å². The molecule has 0 fully saturated rings. The number of hydrogen-bond acceptors (Lipinski definition) is 6. The molecule has 0 bridgehead atoms. The molecule has 24 heavy (non-hydrogen) atoms. The molecule has 0 aliphatic heterocycles. The molecule has 0 spiro atoms. The lowest BCUT2D eigenvalue weighted by Crippen LogP contribution is -2.10. The average Bonchev–Trinajstić information content (AvgIpc) is 3.00. The smallest absolute Gasteiger partial charge is 0.226 e. The fraction of sp³-hybridized carbons (Fsp3) is 0.250. The van der Waals surface area contributed by atoms with Crippen molar-refractivity contribution in [2.75, 3.05) is 14.2 Å². The number of ether oxygens (including phenoxy) is 2. The van der Waals surface area contributed by atoms with Crippen LogP contribution in [0.3, 0.4) is 0 Å². The van der Waals surface area contributed by atoms with Crippen LogP contribution in [0.2, 0.25) is 0 Å². The van der Waals surface area contributed by atoms with E-state index in [-0.39, 0.29) is 10.9 Å². The van der Waals surface area contributed by atoms with E-state index in [1.807, 2.05) is 0 Å². The van der Waals surface area contributed by atoms with Crippen molar-refractivity contribution < 1.29 is 17.9 Å². The molecule has 126 valence electrons. The maximum atomic E-state index is 12.7. The number of rotatable bonds is 5. The quantitative estimate of drug-likeness (QED) is 0.761. The van der Waals surface area contributed by atoms with Gasteiger partial charge >= 0.3 is 0 Å². The van der Waals surface area contributed by atoms with Gasteiger partial charge in [0.1, 0.15) is 17.3 Å². The van der Waals surface area contributed by atoms with Crippen molar-refractivity contribution in [3.63, 3.8) is 0 Å². The second-order valence-corrected chi connectivity index (χ2v) is 7.17. The van der Waals surface area contributed by atoms with Gasteiger partial charge in [0.15, 0.2) is 0 Å². The Morgan fingerprint density at radius 1 is 1.17 bits per heavy atom. The topological polar surface area (TPSA) is 94.2 Å². The van der Waals surface area contributed by atoms with Gasteiger partial charge in [0.2, 0.25) is 15.0 Å². The molecule has 2 aromatic heterocycles. The lowest BCUT2D eigenvalue weighted by molar-refractivity contribution is 0.410. The van der Waals surface area contributed by atoms with Crippen molar-refractivity contribution >= 4 is 20.9 Å². The highest BCUT2D eigenvalue weighted by Crippen LogP contribution is 2.24. The number of sulfone groups is 1. The third-order valence-corrected chi connectivity index (χ3v) is 5.20. The van der Waals surface area contributed by atoms with Gasteiger partial charge in [-0.05, 0) is 25.1 Å². The molecule has 3 rings (SSSR count). The van der Waals surface area contributed by atoms with Gasteiger partial charge in [-0.25, -0.2) is 13.4 Å². The number of pyridine rings is 1. The number of imidazole rings is 1. The molecule has 7 nitrogen and oxygen atoms in total. The van der Waals surface area contributed by atoms with Crippen LogP contribution in [0.25, 0.3) is 11.0 Å². The van der Waals surface area contributed by atoms with Gasteiger partial charge in [0, 0.05) is 17.8 Å². The summed E-state index contributed by atoms with van der Waals surface area (Å²) in [4.78, 5) is 11.2. The number of nitrogens with zero attached hydrogens (tertiary/aromatic N) is 2. The molecule has 0 unspecified atom stereocenters. The molecule has 0 aliphatic carbocycles. The van der Waals surface area contributed by atoms with Crippen molar-refractivity contribution in [1.29, 1.82) is 0 Å². The summed E-state index contributed by atoms with van der Waals surface area (Å²) in [6.45, 7) is 1.78. The van der Waals surface area contributed by atoms with E-state index in [4.69, 9.17) is 9.47 Å². The minimum absolute atomic E-state index is 0.0882. The highest BCUT2D eigenvalue weighted by molar-refractivity contribution is 7.90. The van der Waals surface area contributed by atoms with E-state index in [0.29, 0.717) is 33.8 Å². The number of nitrogens with one attached hydrogen (secondary N) is 1. The fourth-order valence-corrected chi connectivity index (χ4v) is 3.70. The molecule has 0 radical (unpaired) electrons. The van der Waals surface area contributed by atoms with Gasteiger partial charge in [-0.1, -0.05) is 0 Å². The molecule has 3 aromatic rings. The van der Waals surface area contributed by atoms with E-state index in [2.05, 4.69) is 15.0 Å². The van der Waals surface area contributed by atoms with Crippen LogP contribution >= 0.6 is 0 Å². The summed E-state index contributed by atoms with van der Waals surface area (Å²) in [6.07, 6.45) is 1.53. The Morgan fingerprint density at radius 3 is 2.67 bits per heavy atom. The molecular weight excluding hydrogens is 330 g/mol. The molecule has 1 N–H and O–H groups in total. The molecule has 2 heterocycles. The van der Waals surface area contributed by atoms with Crippen LogP contribution in [0.1, 0.15) is 11.3 Å². The monoisotopic (exact) mass is 347 g/mol. The Kier molecular flexibility index (Phi) is 4.15. The number of aromatic amines is 1. The molecule has 0 saturated carbocycles. The summed E-state index contributed by atoms with van der Waals surface area (Å²) in [7, 11) is -0.588. The lowest BCUT2D eigenvalue weighted by atomic mass is 10.2. The molecule has 0 atom stereocenters. The van der Waals surface area contributed by atoms with E-state index in [9.17, 15) is 8.42 Å². The van der Waals surface area contributed by atoms with E-state index in [1.54, 1.807) is 38.3 Å². The van der Waals surface area contributed by atoms with Crippen LogP contribution in [-0.2, 0) is 15.6 Å². The van der Waals surface area contributed by atoms with Gasteiger partial charge < -0.3 is 14.5 Å². The Bertz CT molecular complexity index is 996. The van der Waals surface area contributed by atoms with Gasteiger partial charge in [-0.15, -0.1) is 0 Å². The van der Waals surface area contributed by atoms with Gasteiger partial charge in [-0.3, -0.25) is 4.98 Å². The summed E-state index contributed by atoms with van der Waals surface area (Å²) >= 11 is 0. The second kappa shape index (κ2) is 6.12. The largest absolute Gasteiger partial charge is 0.497 e. The number of H-pyrrole nitrogens is 1. The minimum Gasteiger partial charge on any atom is -0.497 e. The van der Waals surface area contributed by atoms with Crippen molar-refractivity contribution in [2.24, 2.45) is 0 Å². The fourth-order valence-electron chi connectivity index (χ4n) is 2.41. The van der Waals surface area contributed by atoms with E-state index < -0.39 is 9.84 Å². The molecular formula is C16H17N3O4S. The maximum Gasteiger partial charge on any atom is 0.226 e. The number of aromatic nitrogens is 3. The van der Waals surface area contributed by atoms with Crippen LogP contribution in [-0.4, -0.2) is 37.6 Å². The number of hydrogen-bond donors (Lipinski definition) is 1. The SMILES string of the molecule is COc1ccc2[nH]c(S(=O)(=O)Cc3nccc(OC)c3C)nc2c1. The Hall–Kier alpha value is -2.61. The van der Waals surface area contributed by atoms with Gasteiger partial charge in [0.25, 0.3) is 0 Å². The van der Waals surface area contributed by atoms with Crippen LogP contribution in [0.4, 0.5) is 0 Å². The first kappa shape index (κ1) is 16.3. The van der Waals surface area contributed by atoms with Crippen LogP contribution in [0.5, 0.6) is 11.5 Å². The van der Waals surface area contributed by atoms with E-state index in [1.165, 1.54) is 13.3 Å². The average molecular weight is 347 g/mol. The predicted molar refractivity (Wildman–Crippen MR) is 89.1 cm³/mol. The van der Waals surface area contributed by atoms with E-state index >= 15 is 0 Å². The molecule has 0 saturated heterocycles. The van der Waals surface area contributed by atoms with Crippen molar-refractivity contribution in [3.05, 3.63) is 41.7 Å². The zero-order valence-electron chi connectivity index (χ0n) is 13.5. The predicted octanol–water partition coefficient (Wildman–Crippen LogP) is 2.26. The standard InChI is InChI=1S/C16H17N3O4S/c1-10-14(17-7-6-15(10)23-3)9-24(20,21)16-18-12-5-4-11(22-2)8-13(12)19-16/h4-8H,9H2,1-3H3,(H,18,19). The van der Waals surface area contributed by atoms with Crippen molar-refractivity contribution in [1.82, 2.24) is 15.0 Å². The van der Waals surface area contributed by atoms with Crippen LogP contribution < -0.4 is 9.47 Å². The van der Waals surface area contributed by atoms with Gasteiger partial charge in [0.05, 0.1) is 30.9 Å². The minimum atomic E-state index is -3.67. The third-order valence-electron chi connectivity index (χ3n) is 3.77. The lowest BCUT2D eigenvalue weighted by Gasteiger charge is -2.08. The highest BCUT2D eigenvalue weighted by Gasteiger charge is 2.22. The Balaban J connectivity index is 1.99. The first-order valence-electron chi connectivity index (χ1n) is 7.19. The zero-order chi connectivity index (χ0) is 17.3.